The summed E-state index contributed by atoms with van der Waals surface area (Å²) >= 11 is 0. The summed E-state index contributed by atoms with van der Waals surface area (Å²) in [6.07, 6.45) is 0.341. The lowest BCUT2D eigenvalue weighted by molar-refractivity contribution is 0.142. The van der Waals surface area contributed by atoms with Crippen LogP contribution in [0.15, 0.2) is 24.3 Å². The molecule has 0 spiro atoms. The summed E-state index contributed by atoms with van der Waals surface area (Å²) in [7, 11) is 5.54. The molecule has 0 amide bonds. The molecule has 2 nitrogen and oxygen atoms in total. The lowest BCUT2D eigenvalue weighted by atomic mass is 9.97. The van der Waals surface area contributed by atoms with Crippen molar-refractivity contribution in [3.8, 4) is 5.75 Å². The number of ether oxygens (including phenoxy) is 1. The average molecular weight is 159 g/mol. The second-order valence-corrected chi connectivity index (χ2v) is 2.97. The molecule has 1 heterocycles. The molecule has 1 N–H and O–H groups in total. The molecule has 3 heteroatoms. The predicted octanol–water partition coefficient (Wildman–Crippen LogP) is -0.169. The van der Waals surface area contributed by atoms with Gasteiger partial charge in [0.15, 0.2) is 0 Å². The van der Waals surface area contributed by atoms with Crippen LogP contribution in [0.4, 0.5) is 0 Å². The van der Waals surface area contributed by atoms with E-state index in [0.29, 0.717) is 6.10 Å². The van der Waals surface area contributed by atoms with Crippen molar-refractivity contribution in [2.45, 2.75) is 6.10 Å². The van der Waals surface area contributed by atoms with Crippen LogP contribution in [-0.4, -0.2) is 27.0 Å². The fraction of sp³-hybridized carbons (Fsp3) is 0.333. The molecule has 1 saturated heterocycles. The van der Waals surface area contributed by atoms with Gasteiger partial charge in [0.1, 0.15) is 19.7 Å². The van der Waals surface area contributed by atoms with E-state index in [1.807, 2.05) is 24.3 Å². The minimum absolute atomic E-state index is 0.341. The van der Waals surface area contributed by atoms with Gasteiger partial charge in [0.25, 0.3) is 0 Å². The van der Waals surface area contributed by atoms with E-state index in [1.54, 1.807) is 0 Å². The summed E-state index contributed by atoms with van der Waals surface area (Å²) in [5, 5.41) is 3.14. The van der Waals surface area contributed by atoms with Gasteiger partial charge >= 0.3 is 0 Å². The Labute approximate surface area is 73.3 Å². The van der Waals surface area contributed by atoms with Gasteiger partial charge in [-0.15, -0.1) is 0 Å². The fourth-order valence-corrected chi connectivity index (χ4v) is 1.08. The van der Waals surface area contributed by atoms with Crippen LogP contribution in [0.2, 0.25) is 0 Å². The van der Waals surface area contributed by atoms with E-state index < -0.39 is 0 Å². The Balaban J connectivity index is 1.98. The SMILES string of the molecule is [B]c1ccc(OC2CNC2)cc1. The van der Waals surface area contributed by atoms with Crippen molar-refractivity contribution in [3.05, 3.63) is 24.3 Å². The molecule has 0 aliphatic carbocycles. The first kappa shape index (κ1) is 7.68. The Morgan fingerprint density at radius 1 is 1.25 bits per heavy atom. The summed E-state index contributed by atoms with van der Waals surface area (Å²) in [5.41, 5.74) is 0.772. The van der Waals surface area contributed by atoms with Gasteiger partial charge in [0.05, 0.1) is 0 Å². The molecule has 1 aromatic rings. The van der Waals surface area contributed by atoms with E-state index in [-0.39, 0.29) is 0 Å². The number of rotatable bonds is 2. The second-order valence-electron chi connectivity index (χ2n) is 2.97. The Morgan fingerprint density at radius 2 is 1.92 bits per heavy atom. The summed E-state index contributed by atoms with van der Waals surface area (Å²) in [4.78, 5) is 0. The zero-order valence-corrected chi connectivity index (χ0v) is 6.79. The smallest absolute Gasteiger partial charge is 0.123 e. The van der Waals surface area contributed by atoms with Crippen LogP contribution < -0.4 is 15.5 Å². The third kappa shape index (κ3) is 1.61. The minimum Gasteiger partial charge on any atom is -0.488 e. The Kier molecular flexibility index (Phi) is 2.04. The molecular formula is C9H10BNO. The van der Waals surface area contributed by atoms with Gasteiger partial charge in [-0.1, -0.05) is 17.6 Å². The van der Waals surface area contributed by atoms with Crippen molar-refractivity contribution >= 4 is 13.3 Å². The third-order valence-corrected chi connectivity index (χ3v) is 1.93. The molecule has 1 aromatic carbocycles. The highest BCUT2D eigenvalue weighted by Crippen LogP contribution is 2.11. The first-order valence-corrected chi connectivity index (χ1v) is 4.07. The maximum absolute atomic E-state index is 5.59. The van der Waals surface area contributed by atoms with Gasteiger partial charge in [-0.3, -0.25) is 0 Å². The van der Waals surface area contributed by atoms with Crippen LogP contribution in [0.3, 0.4) is 0 Å². The highest BCUT2D eigenvalue weighted by Gasteiger charge is 2.17. The van der Waals surface area contributed by atoms with Crippen LogP contribution in [0, 0.1) is 0 Å². The van der Waals surface area contributed by atoms with Crippen LogP contribution >= 0.6 is 0 Å². The largest absolute Gasteiger partial charge is 0.488 e. The monoisotopic (exact) mass is 159 g/mol. The summed E-state index contributed by atoms with van der Waals surface area (Å²) in [6.45, 7) is 1.90. The molecule has 1 aliphatic heterocycles. The van der Waals surface area contributed by atoms with Crippen LogP contribution in [0.5, 0.6) is 5.75 Å². The Hall–Kier alpha value is -0.955. The Morgan fingerprint density at radius 3 is 2.42 bits per heavy atom. The summed E-state index contributed by atoms with van der Waals surface area (Å²) < 4.78 is 5.59. The number of nitrogens with one attached hydrogen (secondary N) is 1. The minimum atomic E-state index is 0.341. The van der Waals surface area contributed by atoms with E-state index in [0.717, 1.165) is 24.3 Å². The van der Waals surface area contributed by atoms with Crippen molar-refractivity contribution in [3.63, 3.8) is 0 Å². The molecule has 60 valence electrons. The second kappa shape index (κ2) is 3.19. The van der Waals surface area contributed by atoms with Gasteiger partial charge in [-0.2, -0.15) is 0 Å². The van der Waals surface area contributed by atoms with E-state index >= 15 is 0 Å². The zero-order chi connectivity index (χ0) is 8.39. The standard InChI is InChI=1S/C9H10BNO/c10-7-1-3-8(4-2-7)12-9-5-11-6-9/h1-4,9,11H,5-6H2. The van der Waals surface area contributed by atoms with Gasteiger partial charge in [-0.25, -0.2) is 0 Å². The molecule has 2 rings (SSSR count). The lowest BCUT2D eigenvalue weighted by Crippen LogP contribution is -2.50. The highest BCUT2D eigenvalue weighted by atomic mass is 16.5. The molecule has 2 radical (unpaired) electrons. The van der Waals surface area contributed by atoms with Gasteiger partial charge < -0.3 is 10.1 Å². The van der Waals surface area contributed by atoms with Gasteiger partial charge in [0.2, 0.25) is 0 Å². The van der Waals surface area contributed by atoms with Crippen molar-refractivity contribution in [1.82, 2.24) is 5.32 Å². The van der Waals surface area contributed by atoms with E-state index in [9.17, 15) is 0 Å². The predicted molar refractivity (Wildman–Crippen MR) is 49.1 cm³/mol. The third-order valence-electron chi connectivity index (χ3n) is 1.93. The normalized spacial score (nSPS) is 17.0. The quantitative estimate of drug-likeness (QED) is 0.605. The van der Waals surface area contributed by atoms with Gasteiger partial charge in [-0.05, 0) is 12.1 Å². The van der Waals surface area contributed by atoms with E-state index in [2.05, 4.69) is 5.32 Å². The molecule has 1 aliphatic rings. The molecule has 12 heavy (non-hydrogen) atoms. The van der Waals surface area contributed by atoms with Crippen molar-refractivity contribution in [2.24, 2.45) is 0 Å². The molecule has 0 unspecified atom stereocenters. The topological polar surface area (TPSA) is 21.3 Å². The maximum atomic E-state index is 5.59. The van der Waals surface area contributed by atoms with Crippen molar-refractivity contribution in [2.75, 3.05) is 13.1 Å². The maximum Gasteiger partial charge on any atom is 0.123 e. The molecule has 0 atom stereocenters. The van der Waals surface area contributed by atoms with E-state index in [1.165, 1.54) is 0 Å². The number of benzene rings is 1. The van der Waals surface area contributed by atoms with Crippen LogP contribution in [0.25, 0.3) is 0 Å². The van der Waals surface area contributed by atoms with Crippen molar-refractivity contribution in [1.29, 1.82) is 0 Å². The Bertz CT molecular complexity index is 256. The highest BCUT2D eigenvalue weighted by molar-refractivity contribution is 6.32. The average Bonchev–Trinajstić information content (AvgIpc) is 2.00. The number of hydrogen-bond acceptors (Lipinski definition) is 2. The fourth-order valence-electron chi connectivity index (χ4n) is 1.08. The van der Waals surface area contributed by atoms with Crippen LogP contribution in [0.1, 0.15) is 0 Å². The van der Waals surface area contributed by atoms with Crippen molar-refractivity contribution < 1.29 is 4.74 Å². The number of hydrogen-bond donors (Lipinski definition) is 1. The first-order chi connectivity index (χ1) is 5.84. The van der Waals surface area contributed by atoms with E-state index in [4.69, 9.17) is 12.6 Å². The lowest BCUT2D eigenvalue weighted by Gasteiger charge is -2.27. The summed E-state index contributed by atoms with van der Waals surface area (Å²) in [6, 6.07) is 7.49. The molecule has 0 bridgehead atoms. The van der Waals surface area contributed by atoms with Gasteiger partial charge in [0, 0.05) is 13.1 Å². The molecule has 0 saturated carbocycles. The molecule has 0 aromatic heterocycles. The zero-order valence-electron chi connectivity index (χ0n) is 6.79. The van der Waals surface area contributed by atoms with Crippen LogP contribution in [-0.2, 0) is 0 Å². The first-order valence-electron chi connectivity index (χ1n) is 4.07. The molecule has 1 fully saturated rings. The molecular weight excluding hydrogens is 149 g/mol. The summed E-state index contributed by atoms with van der Waals surface area (Å²) in [5.74, 6) is 0.899.